The molecule has 3 aliphatic heterocycles. The first-order valence-electron chi connectivity index (χ1n) is 6.23. The van der Waals surface area contributed by atoms with Gasteiger partial charge in [-0.05, 0) is 6.42 Å². The summed E-state index contributed by atoms with van der Waals surface area (Å²) in [4.78, 5) is 37.4. The number of hydrogen-bond acceptors (Lipinski definition) is 5. The molecule has 3 saturated heterocycles. The Morgan fingerprint density at radius 3 is 2.32 bits per heavy atom. The Balaban J connectivity index is 1.67. The molecule has 0 aromatic heterocycles. The summed E-state index contributed by atoms with van der Waals surface area (Å²) in [5.74, 6) is -0.970. The van der Waals surface area contributed by atoms with Crippen LogP contribution in [0.4, 0.5) is 0 Å². The number of carbonyl (C=O) groups excluding carboxylic acids is 3. The third-order valence-electron chi connectivity index (χ3n) is 4.08. The van der Waals surface area contributed by atoms with E-state index in [1.165, 1.54) is 4.90 Å². The SMILES string of the molecule is O=C1CCC(=O)N1CC(=O)N1CC2CC1CS2(=O)=O. The molecular formula is C11H14N2O5S. The Labute approximate surface area is 110 Å². The van der Waals surface area contributed by atoms with E-state index in [0.717, 1.165) is 4.90 Å². The minimum atomic E-state index is -3.04. The molecule has 3 heterocycles. The minimum Gasteiger partial charge on any atom is -0.336 e. The highest BCUT2D eigenvalue weighted by Crippen LogP contribution is 2.33. The minimum absolute atomic E-state index is 0.00526. The van der Waals surface area contributed by atoms with E-state index in [2.05, 4.69) is 0 Å². The van der Waals surface area contributed by atoms with Crippen LogP contribution in [-0.4, -0.2) is 66.1 Å². The second kappa shape index (κ2) is 4.03. The molecule has 0 radical (unpaired) electrons. The first-order chi connectivity index (χ1) is 8.88. The Hall–Kier alpha value is -1.44. The van der Waals surface area contributed by atoms with Crippen LogP contribution in [0.1, 0.15) is 19.3 Å². The van der Waals surface area contributed by atoms with Crippen molar-refractivity contribution in [3.63, 3.8) is 0 Å². The van der Waals surface area contributed by atoms with Crippen LogP contribution in [0.25, 0.3) is 0 Å². The van der Waals surface area contributed by atoms with Gasteiger partial charge >= 0.3 is 0 Å². The third kappa shape index (κ3) is 1.94. The fraction of sp³-hybridized carbons (Fsp3) is 0.727. The summed E-state index contributed by atoms with van der Waals surface area (Å²) in [6.07, 6.45) is 0.801. The van der Waals surface area contributed by atoms with E-state index in [-0.39, 0.29) is 55.4 Å². The van der Waals surface area contributed by atoms with E-state index in [1.807, 2.05) is 0 Å². The molecule has 0 aromatic carbocycles. The molecule has 3 amide bonds. The highest BCUT2D eigenvalue weighted by atomic mass is 32.2. The summed E-state index contributed by atoms with van der Waals surface area (Å²) in [6.45, 7) is -0.0526. The van der Waals surface area contributed by atoms with Crippen LogP contribution in [0.2, 0.25) is 0 Å². The van der Waals surface area contributed by atoms with Gasteiger partial charge in [-0.25, -0.2) is 8.42 Å². The number of likely N-dealkylation sites (tertiary alicyclic amines) is 2. The van der Waals surface area contributed by atoms with Crippen molar-refractivity contribution in [2.75, 3.05) is 18.8 Å². The Morgan fingerprint density at radius 1 is 1.21 bits per heavy atom. The van der Waals surface area contributed by atoms with Crippen LogP contribution in [0.5, 0.6) is 0 Å². The average Bonchev–Trinajstić information content (AvgIpc) is 2.95. The maximum absolute atomic E-state index is 12.1. The van der Waals surface area contributed by atoms with Gasteiger partial charge in [0.05, 0.1) is 11.0 Å². The number of rotatable bonds is 2. The highest BCUT2D eigenvalue weighted by molar-refractivity contribution is 7.92. The van der Waals surface area contributed by atoms with Gasteiger partial charge in [0, 0.05) is 25.4 Å². The smallest absolute Gasteiger partial charge is 0.243 e. The molecule has 2 bridgehead atoms. The fourth-order valence-corrected chi connectivity index (χ4v) is 5.05. The molecule has 8 heteroatoms. The zero-order valence-electron chi connectivity index (χ0n) is 10.2. The van der Waals surface area contributed by atoms with Crippen molar-refractivity contribution in [1.29, 1.82) is 0 Å². The second-order valence-electron chi connectivity index (χ2n) is 5.26. The number of amides is 3. The van der Waals surface area contributed by atoms with Gasteiger partial charge in [0.1, 0.15) is 6.54 Å². The lowest BCUT2D eigenvalue weighted by molar-refractivity contribution is -0.145. The number of fused-ring (bicyclic) bond motifs is 2. The quantitative estimate of drug-likeness (QED) is 0.578. The van der Waals surface area contributed by atoms with Crippen molar-refractivity contribution in [3.05, 3.63) is 0 Å². The van der Waals surface area contributed by atoms with Crippen LogP contribution < -0.4 is 0 Å². The van der Waals surface area contributed by atoms with Crippen molar-refractivity contribution in [2.24, 2.45) is 0 Å². The lowest BCUT2D eigenvalue weighted by atomic mass is 10.2. The maximum Gasteiger partial charge on any atom is 0.243 e. The normalized spacial score (nSPS) is 32.4. The zero-order valence-corrected chi connectivity index (χ0v) is 11.1. The molecule has 0 N–H and O–H groups in total. The predicted octanol–water partition coefficient (Wildman–Crippen LogP) is -1.47. The number of hydrogen-bond donors (Lipinski definition) is 0. The van der Waals surface area contributed by atoms with Gasteiger partial charge in [-0.2, -0.15) is 0 Å². The number of imide groups is 1. The van der Waals surface area contributed by atoms with Gasteiger partial charge < -0.3 is 4.90 Å². The summed E-state index contributed by atoms with van der Waals surface area (Å²) in [5.41, 5.74) is 0. The molecule has 0 spiro atoms. The molecule has 19 heavy (non-hydrogen) atoms. The summed E-state index contributed by atoms with van der Waals surface area (Å²) in [6, 6.07) is -0.282. The number of nitrogens with zero attached hydrogens (tertiary/aromatic N) is 2. The third-order valence-corrected chi connectivity index (χ3v) is 6.28. The highest BCUT2D eigenvalue weighted by Gasteiger charge is 2.50. The van der Waals surface area contributed by atoms with E-state index in [4.69, 9.17) is 0 Å². The standard InChI is InChI=1S/C11H14N2O5S/c14-9-1-2-10(15)13(9)5-11(16)12-4-8-3-7(12)6-19(8,17)18/h7-8H,1-6H2. The van der Waals surface area contributed by atoms with Gasteiger partial charge in [0.15, 0.2) is 9.84 Å². The largest absolute Gasteiger partial charge is 0.336 e. The topological polar surface area (TPSA) is 91.8 Å². The lowest BCUT2D eigenvalue weighted by Crippen LogP contribution is -2.48. The number of sulfone groups is 1. The number of carbonyl (C=O) groups is 3. The van der Waals surface area contributed by atoms with E-state index in [0.29, 0.717) is 6.42 Å². The van der Waals surface area contributed by atoms with E-state index >= 15 is 0 Å². The van der Waals surface area contributed by atoms with Gasteiger partial charge in [-0.15, -0.1) is 0 Å². The predicted molar refractivity (Wildman–Crippen MR) is 63.6 cm³/mol. The molecule has 2 unspecified atom stereocenters. The summed E-state index contributed by atoms with van der Waals surface area (Å²) in [5, 5.41) is -0.466. The van der Waals surface area contributed by atoms with Gasteiger partial charge in [-0.3, -0.25) is 19.3 Å². The molecule has 7 nitrogen and oxygen atoms in total. The lowest BCUT2D eigenvalue weighted by Gasteiger charge is -2.28. The van der Waals surface area contributed by atoms with Crippen molar-refractivity contribution in [3.8, 4) is 0 Å². The summed E-state index contributed by atoms with van der Waals surface area (Å²) in [7, 11) is -3.04. The molecular weight excluding hydrogens is 272 g/mol. The Morgan fingerprint density at radius 2 is 1.84 bits per heavy atom. The van der Waals surface area contributed by atoms with E-state index in [1.54, 1.807) is 0 Å². The first-order valence-corrected chi connectivity index (χ1v) is 7.94. The molecule has 0 saturated carbocycles. The molecule has 104 valence electrons. The molecule has 0 aromatic rings. The maximum atomic E-state index is 12.1. The monoisotopic (exact) mass is 286 g/mol. The van der Waals surface area contributed by atoms with Crippen molar-refractivity contribution in [2.45, 2.75) is 30.6 Å². The van der Waals surface area contributed by atoms with Crippen LogP contribution in [0.15, 0.2) is 0 Å². The van der Waals surface area contributed by atoms with Crippen molar-refractivity contribution >= 4 is 27.6 Å². The average molecular weight is 286 g/mol. The van der Waals surface area contributed by atoms with Gasteiger partial charge in [0.25, 0.3) is 0 Å². The van der Waals surface area contributed by atoms with E-state index in [9.17, 15) is 22.8 Å². The molecule has 3 fully saturated rings. The Kier molecular flexibility index (Phi) is 2.67. The fourth-order valence-electron chi connectivity index (χ4n) is 3.03. The van der Waals surface area contributed by atoms with Gasteiger partial charge in [0.2, 0.25) is 17.7 Å². The molecule has 0 aliphatic carbocycles. The van der Waals surface area contributed by atoms with Crippen LogP contribution in [0, 0.1) is 0 Å². The van der Waals surface area contributed by atoms with Crippen molar-refractivity contribution in [1.82, 2.24) is 9.80 Å². The van der Waals surface area contributed by atoms with Crippen LogP contribution in [-0.2, 0) is 24.2 Å². The van der Waals surface area contributed by atoms with Crippen LogP contribution in [0.3, 0.4) is 0 Å². The van der Waals surface area contributed by atoms with Gasteiger partial charge in [-0.1, -0.05) is 0 Å². The summed E-state index contributed by atoms with van der Waals surface area (Å²) < 4.78 is 23.2. The first kappa shape index (κ1) is 12.6. The van der Waals surface area contributed by atoms with Crippen molar-refractivity contribution < 1.29 is 22.8 Å². The van der Waals surface area contributed by atoms with Crippen LogP contribution >= 0.6 is 0 Å². The van der Waals surface area contributed by atoms with E-state index < -0.39 is 15.1 Å². The molecule has 3 aliphatic rings. The summed E-state index contributed by atoms with van der Waals surface area (Å²) >= 11 is 0. The molecule has 2 atom stereocenters. The molecule has 3 rings (SSSR count). The zero-order chi connectivity index (χ0) is 13.8. The Bertz CT molecular complexity index is 554. The second-order valence-corrected chi connectivity index (χ2v) is 7.59.